The van der Waals surface area contributed by atoms with Crippen LogP contribution in [0.1, 0.15) is 24.1 Å². The lowest BCUT2D eigenvalue weighted by molar-refractivity contribution is 0.817. The number of anilines is 1. The lowest BCUT2D eigenvalue weighted by atomic mass is 10.1. The maximum atomic E-state index is 6.37. The summed E-state index contributed by atoms with van der Waals surface area (Å²) in [7, 11) is 2.03. The molecule has 4 heteroatoms. The van der Waals surface area contributed by atoms with Crippen LogP contribution in [-0.2, 0) is 6.54 Å². The molecule has 0 saturated heterocycles. The van der Waals surface area contributed by atoms with Crippen LogP contribution in [0.25, 0.3) is 0 Å². The third-order valence-electron chi connectivity index (χ3n) is 3.27. The standard InChI is InChI=1S/C16H18BrClN2/c1-11(19)12-7-8-16(15(18)9-12)20(2)10-13-5-3-4-6-14(13)17/h3-9,11H,10,19H2,1-2H3/t11-/m1/s1. The molecule has 0 amide bonds. The Labute approximate surface area is 133 Å². The number of benzene rings is 2. The van der Waals surface area contributed by atoms with Gasteiger partial charge in [0.15, 0.2) is 0 Å². The lowest BCUT2D eigenvalue weighted by Gasteiger charge is -2.22. The first-order valence-electron chi connectivity index (χ1n) is 6.48. The average molecular weight is 354 g/mol. The Kier molecular flexibility index (Phi) is 5.08. The minimum absolute atomic E-state index is 0.00451. The molecule has 20 heavy (non-hydrogen) atoms. The number of halogens is 2. The van der Waals surface area contributed by atoms with Crippen molar-refractivity contribution in [3.8, 4) is 0 Å². The summed E-state index contributed by atoms with van der Waals surface area (Å²) in [5.41, 5.74) is 9.15. The Bertz CT molecular complexity index is 599. The Balaban J connectivity index is 2.21. The van der Waals surface area contributed by atoms with Crippen molar-refractivity contribution in [3.05, 3.63) is 63.1 Å². The third-order valence-corrected chi connectivity index (χ3v) is 4.35. The van der Waals surface area contributed by atoms with Gasteiger partial charge in [-0.25, -0.2) is 0 Å². The van der Waals surface area contributed by atoms with Gasteiger partial charge in [-0.3, -0.25) is 0 Å². The van der Waals surface area contributed by atoms with Crippen molar-refractivity contribution in [1.82, 2.24) is 0 Å². The molecular formula is C16H18BrClN2. The first kappa shape index (κ1) is 15.4. The third kappa shape index (κ3) is 3.54. The molecule has 2 aromatic rings. The van der Waals surface area contributed by atoms with E-state index < -0.39 is 0 Å². The number of nitrogens with zero attached hydrogens (tertiary/aromatic N) is 1. The zero-order valence-electron chi connectivity index (χ0n) is 11.6. The molecule has 106 valence electrons. The van der Waals surface area contributed by atoms with Gasteiger partial charge in [-0.15, -0.1) is 0 Å². The summed E-state index contributed by atoms with van der Waals surface area (Å²) in [6.45, 7) is 2.74. The molecule has 0 spiro atoms. The monoisotopic (exact) mass is 352 g/mol. The molecule has 2 N–H and O–H groups in total. The predicted molar refractivity (Wildman–Crippen MR) is 90.3 cm³/mol. The highest BCUT2D eigenvalue weighted by Crippen LogP contribution is 2.29. The van der Waals surface area contributed by atoms with Crippen molar-refractivity contribution in [2.45, 2.75) is 19.5 Å². The number of hydrogen-bond acceptors (Lipinski definition) is 2. The number of hydrogen-bond donors (Lipinski definition) is 1. The van der Waals surface area contributed by atoms with Crippen LogP contribution < -0.4 is 10.6 Å². The molecule has 0 bridgehead atoms. The van der Waals surface area contributed by atoms with Crippen LogP contribution in [0.4, 0.5) is 5.69 Å². The number of nitrogens with two attached hydrogens (primary N) is 1. The van der Waals surface area contributed by atoms with Gasteiger partial charge in [-0.2, -0.15) is 0 Å². The molecule has 2 aromatic carbocycles. The van der Waals surface area contributed by atoms with Gasteiger partial charge in [-0.1, -0.05) is 51.8 Å². The minimum Gasteiger partial charge on any atom is -0.369 e. The van der Waals surface area contributed by atoms with Crippen molar-refractivity contribution in [3.63, 3.8) is 0 Å². The second-order valence-corrected chi connectivity index (χ2v) is 6.21. The van der Waals surface area contributed by atoms with E-state index in [1.165, 1.54) is 5.56 Å². The molecule has 0 aliphatic carbocycles. The first-order chi connectivity index (χ1) is 9.49. The average Bonchev–Trinajstić information content (AvgIpc) is 2.41. The molecular weight excluding hydrogens is 336 g/mol. The summed E-state index contributed by atoms with van der Waals surface area (Å²) in [5.74, 6) is 0. The van der Waals surface area contributed by atoms with E-state index in [2.05, 4.69) is 26.9 Å². The van der Waals surface area contributed by atoms with Crippen LogP contribution in [0.2, 0.25) is 5.02 Å². The van der Waals surface area contributed by atoms with Crippen molar-refractivity contribution < 1.29 is 0 Å². The van der Waals surface area contributed by atoms with Crippen molar-refractivity contribution in [2.75, 3.05) is 11.9 Å². The Hall–Kier alpha value is -1.03. The predicted octanol–water partition coefficient (Wildman–Crippen LogP) is 4.76. The van der Waals surface area contributed by atoms with E-state index in [-0.39, 0.29) is 6.04 Å². The highest BCUT2D eigenvalue weighted by Gasteiger charge is 2.10. The normalized spacial score (nSPS) is 12.2. The van der Waals surface area contributed by atoms with E-state index in [9.17, 15) is 0 Å². The van der Waals surface area contributed by atoms with Gasteiger partial charge in [0.25, 0.3) is 0 Å². The van der Waals surface area contributed by atoms with Crippen molar-refractivity contribution in [1.29, 1.82) is 0 Å². The quantitative estimate of drug-likeness (QED) is 0.858. The van der Waals surface area contributed by atoms with Gasteiger partial charge in [0, 0.05) is 24.1 Å². The topological polar surface area (TPSA) is 29.3 Å². The molecule has 0 aliphatic heterocycles. The van der Waals surface area contributed by atoms with E-state index >= 15 is 0 Å². The zero-order chi connectivity index (χ0) is 14.7. The maximum Gasteiger partial charge on any atom is 0.0642 e. The number of rotatable bonds is 4. The molecule has 0 heterocycles. The Morgan fingerprint density at radius 2 is 1.95 bits per heavy atom. The van der Waals surface area contributed by atoms with Gasteiger partial charge in [-0.05, 0) is 36.2 Å². The SMILES string of the molecule is C[C@@H](N)c1ccc(N(C)Cc2ccccc2Br)c(Cl)c1. The van der Waals surface area contributed by atoms with E-state index in [4.69, 9.17) is 17.3 Å². The second kappa shape index (κ2) is 6.61. The van der Waals surface area contributed by atoms with E-state index in [1.807, 2.05) is 50.4 Å². The van der Waals surface area contributed by atoms with Crippen LogP contribution in [0.3, 0.4) is 0 Å². The highest BCUT2D eigenvalue weighted by atomic mass is 79.9. The van der Waals surface area contributed by atoms with E-state index in [0.717, 1.165) is 27.3 Å². The lowest BCUT2D eigenvalue weighted by Crippen LogP contribution is -2.17. The summed E-state index contributed by atoms with van der Waals surface area (Å²) in [4.78, 5) is 2.13. The molecule has 2 rings (SSSR count). The summed E-state index contributed by atoms with van der Waals surface area (Å²) in [5, 5.41) is 0.731. The fraction of sp³-hybridized carbons (Fsp3) is 0.250. The van der Waals surface area contributed by atoms with Crippen LogP contribution >= 0.6 is 27.5 Å². The van der Waals surface area contributed by atoms with Crippen LogP contribution in [0.15, 0.2) is 46.9 Å². The fourth-order valence-corrected chi connectivity index (χ4v) is 2.83. The fourth-order valence-electron chi connectivity index (χ4n) is 2.08. The molecule has 0 fully saturated rings. The first-order valence-corrected chi connectivity index (χ1v) is 7.65. The van der Waals surface area contributed by atoms with Crippen LogP contribution in [0.5, 0.6) is 0 Å². The van der Waals surface area contributed by atoms with Gasteiger partial charge in [0.1, 0.15) is 0 Å². The van der Waals surface area contributed by atoms with E-state index in [0.29, 0.717) is 0 Å². The summed E-state index contributed by atoms with van der Waals surface area (Å²) < 4.78 is 1.11. The van der Waals surface area contributed by atoms with Crippen LogP contribution in [-0.4, -0.2) is 7.05 Å². The largest absolute Gasteiger partial charge is 0.369 e. The maximum absolute atomic E-state index is 6.37. The van der Waals surface area contributed by atoms with E-state index in [1.54, 1.807) is 0 Å². The smallest absolute Gasteiger partial charge is 0.0642 e. The molecule has 1 atom stereocenters. The van der Waals surface area contributed by atoms with Crippen molar-refractivity contribution >= 4 is 33.2 Å². The molecule has 0 radical (unpaired) electrons. The summed E-state index contributed by atoms with van der Waals surface area (Å²) in [6.07, 6.45) is 0. The van der Waals surface area contributed by atoms with Gasteiger partial charge < -0.3 is 10.6 Å². The van der Waals surface area contributed by atoms with Crippen molar-refractivity contribution in [2.24, 2.45) is 5.73 Å². The van der Waals surface area contributed by atoms with Gasteiger partial charge >= 0.3 is 0 Å². The minimum atomic E-state index is -0.00451. The molecule has 0 aromatic heterocycles. The summed E-state index contributed by atoms with van der Waals surface area (Å²) >= 11 is 9.94. The summed E-state index contributed by atoms with van der Waals surface area (Å²) in [6, 6.07) is 14.2. The highest BCUT2D eigenvalue weighted by molar-refractivity contribution is 9.10. The second-order valence-electron chi connectivity index (χ2n) is 4.95. The zero-order valence-corrected chi connectivity index (χ0v) is 13.9. The van der Waals surface area contributed by atoms with Crippen LogP contribution in [0, 0.1) is 0 Å². The van der Waals surface area contributed by atoms with Gasteiger partial charge in [0.2, 0.25) is 0 Å². The Morgan fingerprint density at radius 1 is 1.25 bits per heavy atom. The molecule has 0 saturated carbocycles. The van der Waals surface area contributed by atoms with Gasteiger partial charge in [0.05, 0.1) is 10.7 Å². The molecule has 0 aliphatic rings. The molecule has 0 unspecified atom stereocenters. The Morgan fingerprint density at radius 3 is 2.55 bits per heavy atom. The molecule has 2 nitrogen and oxygen atoms in total.